The Balaban J connectivity index is 1.41. The van der Waals surface area contributed by atoms with Crippen molar-refractivity contribution >= 4 is 0 Å². The SMILES string of the molecule is COc1ccc(-c2ccc(COc3ccc(C4CCC(CO)CC4)c(F)c3F)cc2)cc1F. The van der Waals surface area contributed by atoms with E-state index < -0.39 is 17.5 Å². The second kappa shape index (κ2) is 10.3. The molecular weight excluding hydrogens is 429 g/mol. The van der Waals surface area contributed by atoms with Gasteiger partial charge in [0.1, 0.15) is 6.61 Å². The fraction of sp³-hybridized carbons (Fsp3) is 0.333. The molecule has 0 bridgehead atoms. The Morgan fingerprint density at radius 3 is 2.12 bits per heavy atom. The first-order chi connectivity index (χ1) is 16.0. The minimum atomic E-state index is -0.970. The predicted molar refractivity (Wildman–Crippen MR) is 121 cm³/mol. The summed E-state index contributed by atoms with van der Waals surface area (Å²) in [5.74, 6) is -1.98. The molecule has 174 valence electrons. The third-order valence-corrected chi connectivity index (χ3v) is 6.45. The number of hydrogen-bond donors (Lipinski definition) is 1. The maximum atomic E-state index is 14.7. The summed E-state index contributed by atoms with van der Waals surface area (Å²) in [7, 11) is 1.42. The van der Waals surface area contributed by atoms with Crippen molar-refractivity contribution in [3.05, 3.63) is 83.2 Å². The van der Waals surface area contributed by atoms with Gasteiger partial charge in [-0.2, -0.15) is 4.39 Å². The van der Waals surface area contributed by atoms with E-state index in [-0.39, 0.29) is 36.5 Å². The summed E-state index contributed by atoms with van der Waals surface area (Å²) < 4.78 is 53.8. The van der Waals surface area contributed by atoms with E-state index in [1.165, 1.54) is 19.2 Å². The van der Waals surface area contributed by atoms with Crippen LogP contribution in [0.5, 0.6) is 11.5 Å². The lowest BCUT2D eigenvalue weighted by Crippen LogP contribution is -2.17. The van der Waals surface area contributed by atoms with E-state index in [2.05, 4.69) is 0 Å². The molecule has 0 amide bonds. The van der Waals surface area contributed by atoms with Gasteiger partial charge in [0.2, 0.25) is 5.82 Å². The average molecular weight is 457 g/mol. The van der Waals surface area contributed by atoms with Gasteiger partial charge in [0.05, 0.1) is 7.11 Å². The summed E-state index contributed by atoms with van der Waals surface area (Å²) in [6.07, 6.45) is 3.12. The molecule has 4 rings (SSSR count). The predicted octanol–water partition coefficient (Wildman–Crippen LogP) is 6.62. The van der Waals surface area contributed by atoms with Crippen LogP contribution in [-0.4, -0.2) is 18.8 Å². The summed E-state index contributed by atoms with van der Waals surface area (Å²) in [5.41, 5.74) is 2.68. The number of rotatable bonds is 7. The third kappa shape index (κ3) is 5.17. The summed E-state index contributed by atoms with van der Waals surface area (Å²) in [6.45, 7) is 0.225. The highest BCUT2D eigenvalue weighted by Gasteiger charge is 2.26. The van der Waals surface area contributed by atoms with Crippen LogP contribution in [0.15, 0.2) is 54.6 Å². The third-order valence-electron chi connectivity index (χ3n) is 6.45. The highest BCUT2D eigenvalue weighted by Crippen LogP contribution is 2.38. The topological polar surface area (TPSA) is 38.7 Å². The van der Waals surface area contributed by atoms with Crippen molar-refractivity contribution in [3.63, 3.8) is 0 Å². The molecule has 33 heavy (non-hydrogen) atoms. The highest BCUT2D eigenvalue weighted by atomic mass is 19.2. The fourth-order valence-electron chi connectivity index (χ4n) is 4.43. The van der Waals surface area contributed by atoms with Gasteiger partial charge >= 0.3 is 0 Å². The lowest BCUT2D eigenvalue weighted by atomic mass is 9.79. The summed E-state index contributed by atoms with van der Waals surface area (Å²) in [6, 6.07) is 15.1. The minimum absolute atomic E-state index is 0.0355. The molecule has 3 aromatic carbocycles. The van der Waals surface area contributed by atoms with Gasteiger partial charge in [-0.3, -0.25) is 0 Å². The Labute approximate surface area is 191 Å². The molecule has 1 aliphatic carbocycles. The van der Waals surface area contributed by atoms with E-state index in [4.69, 9.17) is 9.47 Å². The zero-order chi connectivity index (χ0) is 23.4. The molecule has 0 heterocycles. The van der Waals surface area contributed by atoms with Gasteiger partial charge in [-0.25, -0.2) is 8.78 Å². The van der Waals surface area contributed by atoms with Crippen LogP contribution in [0, 0.1) is 23.4 Å². The van der Waals surface area contributed by atoms with Gasteiger partial charge in [0.25, 0.3) is 0 Å². The van der Waals surface area contributed by atoms with E-state index in [0.717, 1.165) is 36.8 Å². The van der Waals surface area contributed by atoms with Crippen molar-refractivity contribution in [3.8, 4) is 22.6 Å². The van der Waals surface area contributed by atoms with Crippen LogP contribution in [0.2, 0.25) is 0 Å². The van der Waals surface area contributed by atoms with Crippen molar-refractivity contribution in [2.45, 2.75) is 38.2 Å². The molecule has 3 aromatic rings. The number of benzene rings is 3. The first-order valence-corrected chi connectivity index (χ1v) is 11.1. The molecule has 1 fully saturated rings. The molecule has 6 heteroatoms. The largest absolute Gasteiger partial charge is 0.494 e. The summed E-state index contributed by atoms with van der Waals surface area (Å²) >= 11 is 0. The van der Waals surface area contributed by atoms with Crippen molar-refractivity contribution in [2.24, 2.45) is 5.92 Å². The number of halogens is 3. The molecule has 1 aliphatic rings. The maximum absolute atomic E-state index is 14.7. The number of aliphatic hydroxyl groups excluding tert-OH is 1. The molecule has 1 N–H and O–H groups in total. The smallest absolute Gasteiger partial charge is 0.200 e. The second-order valence-electron chi connectivity index (χ2n) is 8.52. The van der Waals surface area contributed by atoms with E-state index >= 15 is 0 Å². The van der Waals surface area contributed by atoms with Crippen molar-refractivity contribution < 1.29 is 27.8 Å². The number of methoxy groups -OCH3 is 1. The second-order valence-corrected chi connectivity index (χ2v) is 8.52. The van der Waals surface area contributed by atoms with Crippen LogP contribution in [0.4, 0.5) is 13.2 Å². The molecule has 0 spiro atoms. The standard InChI is InChI=1S/C27H27F3O3/c1-32-24-12-10-21(14-23(24)28)19-6-4-18(5-7-19)16-33-25-13-11-22(26(29)27(25)30)20-8-2-17(15-31)3-9-20/h4-7,10-14,17,20,31H,2-3,8-9,15-16H2,1H3. The van der Waals surface area contributed by atoms with Crippen LogP contribution in [0.25, 0.3) is 11.1 Å². The van der Waals surface area contributed by atoms with Crippen molar-refractivity contribution in [1.82, 2.24) is 0 Å². The summed E-state index contributed by atoms with van der Waals surface area (Å²) in [5, 5.41) is 9.27. The fourth-order valence-corrected chi connectivity index (χ4v) is 4.43. The Kier molecular flexibility index (Phi) is 7.23. The first-order valence-electron chi connectivity index (χ1n) is 11.1. The molecule has 3 nitrogen and oxygen atoms in total. The molecule has 0 aliphatic heterocycles. The van der Waals surface area contributed by atoms with Gasteiger partial charge < -0.3 is 14.6 Å². The zero-order valence-electron chi connectivity index (χ0n) is 18.5. The van der Waals surface area contributed by atoms with Gasteiger partial charge in [0.15, 0.2) is 23.1 Å². The average Bonchev–Trinajstić information content (AvgIpc) is 2.85. The van der Waals surface area contributed by atoms with Crippen LogP contribution in [-0.2, 0) is 6.61 Å². The molecule has 0 atom stereocenters. The van der Waals surface area contributed by atoms with Crippen molar-refractivity contribution in [1.29, 1.82) is 0 Å². The van der Waals surface area contributed by atoms with Crippen molar-refractivity contribution in [2.75, 3.05) is 13.7 Å². The quantitative estimate of drug-likeness (QED) is 0.434. The van der Waals surface area contributed by atoms with Crippen LogP contribution < -0.4 is 9.47 Å². The Bertz CT molecular complexity index is 1090. The van der Waals surface area contributed by atoms with Gasteiger partial charge in [0, 0.05) is 6.61 Å². The first kappa shape index (κ1) is 23.2. The van der Waals surface area contributed by atoms with E-state index in [1.807, 2.05) is 12.1 Å². The molecular formula is C27H27F3O3. The van der Waals surface area contributed by atoms with E-state index in [0.29, 0.717) is 11.1 Å². The zero-order valence-corrected chi connectivity index (χ0v) is 18.5. The molecule has 1 saturated carbocycles. The molecule has 0 saturated heterocycles. The van der Waals surface area contributed by atoms with Gasteiger partial charge in [-0.15, -0.1) is 0 Å². The molecule has 0 radical (unpaired) electrons. The number of aliphatic hydroxyl groups is 1. The Hall–Kier alpha value is -2.99. The monoisotopic (exact) mass is 456 g/mol. The molecule has 0 unspecified atom stereocenters. The minimum Gasteiger partial charge on any atom is -0.494 e. The number of hydrogen-bond acceptors (Lipinski definition) is 3. The Morgan fingerprint density at radius 2 is 1.48 bits per heavy atom. The molecule has 0 aromatic heterocycles. The van der Waals surface area contributed by atoms with Crippen LogP contribution in [0.3, 0.4) is 0 Å². The number of ether oxygens (including phenoxy) is 2. The highest BCUT2D eigenvalue weighted by molar-refractivity contribution is 5.64. The van der Waals surface area contributed by atoms with Crippen LogP contribution >= 0.6 is 0 Å². The van der Waals surface area contributed by atoms with Gasteiger partial charge in [-0.1, -0.05) is 36.4 Å². The van der Waals surface area contributed by atoms with E-state index in [1.54, 1.807) is 30.3 Å². The normalized spacial score (nSPS) is 18.2. The van der Waals surface area contributed by atoms with Crippen LogP contribution in [0.1, 0.15) is 42.7 Å². The van der Waals surface area contributed by atoms with Gasteiger partial charge in [-0.05, 0) is 78.0 Å². The maximum Gasteiger partial charge on any atom is 0.200 e. The Morgan fingerprint density at radius 1 is 0.818 bits per heavy atom. The van der Waals surface area contributed by atoms with E-state index in [9.17, 15) is 18.3 Å². The summed E-state index contributed by atoms with van der Waals surface area (Å²) in [4.78, 5) is 0. The lowest BCUT2D eigenvalue weighted by molar-refractivity contribution is 0.181. The lowest BCUT2D eigenvalue weighted by Gasteiger charge is -2.28.